The molecule has 0 fully saturated rings. The third kappa shape index (κ3) is 3.60. The number of carbonyl (C=O) groups excluding carboxylic acids is 1. The van der Waals surface area contributed by atoms with Crippen molar-refractivity contribution in [1.29, 1.82) is 0 Å². The lowest BCUT2D eigenvalue weighted by molar-refractivity contribution is 0.0693. The van der Waals surface area contributed by atoms with Gasteiger partial charge in [0.1, 0.15) is 17.1 Å². The molecule has 0 heterocycles. The Labute approximate surface area is 126 Å². The Morgan fingerprint density at radius 1 is 1.18 bits per heavy atom. The van der Waals surface area contributed by atoms with E-state index in [4.69, 9.17) is 9.84 Å². The molecular formula is C16H14FNO4. The smallest absolute Gasteiger partial charge is 0.339 e. The Morgan fingerprint density at radius 2 is 1.86 bits per heavy atom. The van der Waals surface area contributed by atoms with E-state index >= 15 is 0 Å². The van der Waals surface area contributed by atoms with Gasteiger partial charge in [0.2, 0.25) is 0 Å². The van der Waals surface area contributed by atoms with Crippen LogP contribution in [0.25, 0.3) is 0 Å². The molecule has 0 unspecified atom stereocenters. The summed E-state index contributed by atoms with van der Waals surface area (Å²) in [7, 11) is 1.39. The number of hydrogen-bond acceptors (Lipinski definition) is 3. The zero-order valence-electron chi connectivity index (χ0n) is 11.8. The molecule has 2 N–H and O–H groups in total. The molecule has 0 aliphatic heterocycles. The summed E-state index contributed by atoms with van der Waals surface area (Å²) >= 11 is 0. The normalized spacial score (nSPS) is 10.1. The standard InChI is InChI=1S/C16H14FNO4/c1-22-14-7-2-10(8-13(14)16(20)21)9-18-15(19)11-3-5-12(17)6-4-11/h2-8H,9H2,1H3,(H,18,19)(H,20,21). The van der Waals surface area contributed by atoms with E-state index in [0.717, 1.165) is 0 Å². The number of carbonyl (C=O) groups is 2. The van der Waals surface area contributed by atoms with Crippen molar-refractivity contribution in [2.75, 3.05) is 7.11 Å². The first-order chi connectivity index (χ1) is 10.5. The highest BCUT2D eigenvalue weighted by Crippen LogP contribution is 2.19. The lowest BCUT2D eigenvalue weighted by Crippen LogP contribution is -2.22. The molecule has 2 rings (SSSR count). The van der Waals surface area contributed by atoms with Gasteiger partial charge >= 0.3 is 5.97 Å². The Balaban J connectivity index is 2.08. The molecule has 2 aromatic rings. The zero-order valence-corrected chi connectivity index (χ0v) is 11.8. The second-order valence-corrected chi connectivity index (χ2v) is 4.53. The summed E-state index contributed by atoms with van der Waals surface area (Å²) in [6, 6.07) is 9.78. The van der Waals surface area contributed by atoms with Crippen molar-refractivity contribution in [3.05, 3.63) is 65.0 Å². The van der Waals surface area contributed by atoms with E-state index in [-0.39, 0.29) is 23.8 Å². The van der Waals surface area contributed by atoms with Gasteiger partial charge in [0, 0.05) is 12.1 Å². The highest BCUT2D eigenvalue weighted by molar-refractivity contribution is 5.94. The molecule has 5 nitrogen and oxygen atoms in total. The van der Waals surface area contributed by atoms with Crippen LogP contribution in [0.2, 0.25) is 0 Å². The first-order valence-corrected chi connectivity index (χ1v) is 6.45. The monoisotopic (exact) mass is 303 g/mol. The zero-order chi connectivity index (χ0) is 16.1. The van der Waals surface area contributed by atoms with Crippen molar-refractivity contribution in [1.82, 2.24) is 5.32 Å². The molecule has 114 valence electrons. The van der Waals surface area contributed by atoms with E-state index in [2.05, 4.69) is 5.32 Å². The molecule has 0 atom stereocenters. The van der Waals surface area contributed by atoms with Gasteiger partial charge in [-0.2, -0.15) is 0 Å². The van der Waals surface area contributed by atoms with Gasteiger partial charge in [0.25, 0.3) is 5.91 Å². The van der Waals surface area contributed by atoms with Crippen molar-refractivity contribution >= 4 is 11.9 Å². The van der Waals surface area contributed by atoms with Crippen LogP contribution in [0, 0.1) is 5.82 Å². The first kappa shape index (κ1) is 15.5. The molecule has 2 aromatic carbocycles. The van der Waals surface area contributed by atoms with Crippen LogP contribution in [-0.4, -0.2) is 24.1 Å². The molecule has 1 amide bonds. The second-order valence-electron chi connectivity index (χ2n) is 4.53. The molecule has 0 saturated heterocycles. The third-order valence-electron chi connectivity index (χ3n) is 3.05. The molecule has 22 heavy (non-hydrogen) atoms. The van der Waals surface area contributed by atoms with Gasteiger partial charge in [0.05, 0.1) is 7.11 Å². The maximum Gasteiger partial charge on any atom is 0.339 e. The lowest BCUT2D eigenvalue weighted by atomic mass is 10.1. The van der Waals surface area contributed by atoms with Gasteiger partial charge in [-0.05, 0) is 42.0 Å². The number of halogens is 1. The molecule has 0 bridgehead atoms. The Hall–Kier alpha value is -2.89. The Bertz CT molecular complexity index is 698. The van der Waals surface area contributed by atoms with E-state index in [9.17, 15) is 14.0 Å². The van der Waals surface area contributed by atoms with E-state index in [0.29, 0.717) is 11.1 Å². The highest BCUT2D eigenvalue weighted by atomic mass is 19.1. The lowest BCUT2D eigenvalue weighted by Gasteiger charge is -2.09. The summed E-state index contributed by atoms with van der Waals surface area (Å²) in [6.45, 7) is 0.153. The van der Waals surface area contributed by atoms with E-state index < -0.39 is 11.8 Å². The van der Waals surface area contributed by atoms with Gasteiger partial charge in [0.15, 0.2) is 0 Å². The van der Waals surface area contributed by atoms with Crippen molar-refractivity contribution in [3.8, 4) is 5.75 Å². The maximum atomic E-state index is 12.8. The number of amides is 1. The summed E-state index contributed by atoms with van der Waals surface area (Å²) < 4.78 is 17.8. The number of benzene rings is 2. The van der Waals surface area contributed by atoms with Crippen molar-refractivity contribution < 1.29 is 23.8 Å². The number of ether oxygens (including phenoxy) is 1. The minimum atomic E-state index is -1.11. The largest absolute Gasteiger partial charge is 0.496 e. The molecule has 0 aliphatic carbocycles. The van der Waals surface area contributed by atoms with Crippen LogP contribution in [0.3, 0.4) is 0 Å². The quantitative estimate of drug-likeness (QED) is 0.889. The molecule has 0 aromatic heterocycles. The summed E-state index contributed by atoms with van der Waals surface area (Å²) in [5.41, 5.74) is 0.970. The molecule has 0 radical (unpaired) electrons. The Kier molecular flexibility index (Phi) is 4.73. The van der Waals surface area contributed by atoms with E-state index in [1.165, 1.54) is 43.5 Å². The summed E-state index contributed by atoms with van der Waals surface area (Å²) in [5, 5.41) is 11.7. The van der Waals surface area contributed by atoms with Gasteiger partial charge in [-0.25, -0.2) is 9.18 Å². The van der Waals surface area contributed by atoms with E-state index in [1.54, 1.807) is 6.07 Å². The van der Waals surface area contributed by atoms with Crippen molar-refractivity contribution in [2.45, 2.75) is 6.54 Å². The van der Waals surface area contributed by atoms with Crippen LogP contribution in [-0.2, 0) is 6.54 Å². The predicted molar refractivity (Wildman–Crippen MR) is 77.5 cm³/mol. The number of rotatable bonds is 5. The van der Waals surface area contributed by atoms with Crippen molar-refractivity contribution in [2.24, 2.45) is 0 Å². The average Bonchev–Trinajstić information content (AvgIpc) is 2.53. The summed E-state index contributed by atoms with van der Waals surface area (Å²) in [4.78, 5) is 23.0. The van der Waals surface area contributed by atoms with Crippen LogP contribution in [0.15, 0.2) is 42.5 Å². The molecule has 6 heteroatoms. The third-order valence-corrected chi connectivity index (χ3v) is 3.05. The fraction of sp³-hybridized carbons (Fsp3) is 0.125. The number of aromatic carboxylic acids is 1. The van der Waals surface area contributed by atoms with Crippen LogP contribution in [0.4, 0.5) is 4.39 Å². The number of carboxylic acid groups (broad SMARTS) is 1. The van der Waals surface area contributed by atoms with Gasteiger partial charge in [-0.1, -0.05) is 6.07 Å². The summed E-state index contributed by atoms with van der Waals surface area (Å²) in [5.74, 6) is -1.64. The molecule has 0 saturated carbocycles. The second kappa shape index (κ2) is 6.71. The van der Waals surface area contributed by atoms with E-state index in [1.807, 2.05) is 0 Å². The summed E-state index contributed by atoms with van der Waals surface area (Å²) in [6.07, 6.45) is 0. The fourth-order valence-corrected chi connectivity index (χ4v) is 1.92. The molecule has 0 aliphatic rings. The number of hydrogen-bond donors (Lipinski definition) is 2. The van der Waals surface area contributed by atoms with Gasteiger partial charge in [-0.3, -0.25) is 4.79 Å². The minimum absolute atomic E-state index is 0.0241. The predicted octanol–water partition coefficient (Wildman–Crippen LogP) is 2.46. The fourth-order valence-electron chi connectivity index (χ4n) is 1.92. The first-order valence-electron chi connectivity index (χ1n) is 6.45. The Morgan fingerprint density at radius 3 is 2.45 bits per heavy atom. The maximum absolute atomic E-state index is 12.8. The number of nitrogens with one attached hydrogen (secondary N) is 1. The molecular weight excluding hydrogens is 289 g/mol. The number of methoxy groups -OCH3 is 1. The van der Waals surface area contributed by atoms with Crippen molar-refractivity contribution in [3.63, 3.8) is 0 Å². The van der Waals surface area contributed by atoms with Crippen LogP contribution in [0.1, 0.15) is 26.3 Å². The van der Waals surface area contributed by atoms with Crippen LogP contribution >= 0.6 is 0 Å². The highest BCUT2D eigenvalue weighted by Gasteiger charge is 2.12. The SMILES string of the molecule is COc1ccc(CNC(=O)c2ccc(F)cc2)cc1C(=O)O. The number of carboxylic acids is 1. The topological polar surface area (TPSA) is 75.6 Å². The van der Waals surface area contributed by atoms with Crippen LogP contribution in [0.5, 0.6) is 5.75 Å². The van der Waals surface area contributed by atoms with Gasteiger partial charge < -0.3 is 15.2 Å². The molecule has 0 spiro atoms. The average molecular weight is 303 g/mol. The minimum Gasteiger partial charge on any atom is -0.496 e. The van der Waals surface area contributed by atoms with Crippen LogP contribution < -0.4 is 10.1 Å². The van der Waals surface area contributed by atoms with Gasteiger partial charge in [-0.15, -0.1) is 0 Å².